The predicted molar refractivity (Wildman–Crippen MR) is 99.5 cm³/mol. The molecule has 3 rings (SSSR count). The molecule has 2 fully saturated rings. The van der Waals surface area contributed by atoms with Crippen molar-refractivity contribution in [1.82, 2.24) is 9.80 Å². The third-order valence-electron chi connectivity index (χ3n) is 5.45. The Labute approximate surface area is 149 Å². The first-order valence-corrected chi connectivity index (χ1v) is 9.09. The number of para-hydroxylation sites is 1. The van der Waals surface area contributed by atoms with Gasteiger partial charge in [0.25, 0.3) is 0 Å². The number of nitrogens with zero attached hydrogens (tertiary/aromatic N) is 2. The Morgan fingerprint density at radius 3 is 2.84 bits per heavy atom. The Kier molecular flexibility index (Phi) is 5.11. The number of hydrogen-bond acceptors (Lipinski definition) is 2. The maximum absolute atomic E-state index is 12.8. The van der Waals surface area contributed by atoms with Gasteiger partial charge in [-0.15, -0.1) is 6.58 Å². The summed E-state index contributed by atoms with van der Waals surface area (Å²) in [5.41, 5.74) is 1.66. The lowest BCUT2D eigenvalue weighted by atomic mass is 9.79. The van der Waals surface area contributed by atoms with Crippen LogP contribution in [0.4, 0.5) is 10.5 Å². The van der Waals surface area contributed by atoms with E-state index in [9.17, 15) is 9.59 Å². The summed E-state index contributed by atoms with van der Waals surface area (Å²) in [7, 11) is 0. The number of aryl methyl sites for hydroxylation is 1. The van der Waals surface area contributed by atoms with Gasteiger partial charge >= 0.3 is 6.03 Å². The van der Waals surface area contributed by atoms with Gasteiger partial charge in [0.05, 0.1) is 5.54 Å². The van der Waals surface area contributed by atoms with E-state index in [0.29, 0.717) is 19.5 Å². The molecule has 2 saturated heterocycles. The van der Waals surface area contributed by atoms with Gasteiger partial charge in [0, 0.05) is 31.7 Å². The summed E-state index contributed by atoms with van der Waals surface area (Å²) in [5, 5.41) is 3.02. The van der Waals surface area contributed by atoms with Crippen LogP contribution in [-0.4, -0.2) is 46.9 Å². The van der Waals surface area contributed by atoms with Crippen molar-refractivity contribution >= 4 is 17.6 Å². The van der Waals surface area contributed by atoms with Crippen LogP contribution in [0, 0.1) is 6.92 Å². The second-order valence-corrected chi connectivity index (χ2v) is 7.14. The minimum Gasteiger partial charge on any atom is -0.332 e. The van der Waals surface area contributed by atoms with E-state index < -0.39 is 0 Å². The van der Waals surface area contributed by atoms with Crippen LogP contribution in [0.3, 0.4) is 0 Å². The zero-order valence-electron chi connectivity index (χ0n) is 15.0. The molecule has 0 aromatic heterocycles. The molecule has 1 N–H and O–H groups in total. The Morgan fingerprint density at radius 1 is 1.32 bits per heavy atom. The summed E-state index contributed by atoms with van der Waals surface area (Å²) in [4.78, 5) is 29.0. The van der Waals surface area contributed by atoms with Gasteiger partial charge in [-0.1, -0.05) is 24.3 Å². The molecule has 2 aliphatic rings. The van der Waals surface area contributed by atoms with Crippen molar-refractivity contribution in [3.8, 4) is 0 Å². The molecule has 3 amide bonds. The molecule has 1 aromatic carbocycles. The fourth-order valence-electron chi connectivity index (χ4n) is 4.15. The van der Waals surface area contributed by atoms with E-state index in [-0.39, 0.29) is 17.5 Å². The SMILES string of the molecule is C=CCN1C(=O)CCCC12CCCN(C(=O)Nc1ccccc1C)C2. The van der Waals surface area contributed by atoms with E-state index in [1.54, 1.807) is 6.08 Å². The maximum Gasteiger partial charge on any atom is 0.321 e. The minimum absolute atomic E-state index is 0.0787. The van der Waals surface area contributed by atoms with Crippen LogP contribution in [0.2, 0.25) is 0 Å². The standard InChI is InChI=1S/C20H27N3O2/c1-3-13-23-18(24)10-6-11-20(23)12-7-14-22(15-20)19(25)21-17-9-5-4-8-16(17)2/h3-5,8-9H,1,6-7,10-15H2,2H3,(H,21,25). The van der Waals surface area contributed by atoms with E-state index in [1.807, 2.05) is 41.0 Å². The molecule has 0 radical (unpaired) electrons. The van der Waals surface area contributed by atoms with Gasteiger partial charge in [0.15, 0.2) is 0 Å². The summed E-state index contributed by atoms with van der Waals surface area (Å²) in [6.45, 7) is 7.68. The first kappa shape index (κ1) is 17.5. The summed E-state index contributed by atoms with van der Waals surface area (Å²) < 4.78 is 0. The van der Waals surface area contributed by atoms with Crippen molar-refractivity contribution in [3.63, 3.8) is 0 Å². The number of benzene rings is 1. The molecular formula is C20H27N3O2. The van der Waals surface area contributed by atoms with Crippen LogP contribution < -0.4 is 5.32 Å². The summed E-state index contributed by atoms with van der Waals surface area (Å²) >= 11 is 0. The third kappa shape index (κ3) is 3.55. The van der Waals surface area contributed by atoms with Gasteiger partial charge < -0.3 is 15.1 Å². The zero-order valence-corrected chi connectivity index (χ0v) is 15.0. The number of likely N-dealkylation sites (tertiary alicyclic amines) is 2. The molecule has 2 aliphatic heterocycles. The quantitative estimate of drug-likeness (QED) is 0.855. The van der Waals surface area contributed by atoms with E-state index in [0.717, 1.165) is 43.5 Å². The largest absolute Gasteiger partial charge is 0.332 e. The molecule has 5 heteroatoms. The van der Waals surface area contributed by atoms with Crippen LogP contribution in [0.15, 0.2) is 36.9 Å². The first-order valence-electron chi connectivity index (χ1n) is 9.09. The number of carbonyl (C=O) groups is 2. The van der Waals surface area contributed by atoms with Gasteiger partial charge in [-0.05, 0) is 44.2 Å². The highest BCUT2D eigenvalue weighted by Gasteiger charge is 2.45. The average molecular weight is 341 g/mol. The number of piperidine rings is 2. The third-order valence-corrected chi connectivity index (χ3v) is 5.45. The Balaban J connectivity index is 1.75. The van der Waals surface area contributed by atoms with Gasteiger partial charge in [0.2, 0.25) is 5.91 Å². The van der Waals surface area contributed by atoms with Crippen LogP contribution in [0.1, 0.15) is 37.7 Å². The molecule has 134 valence electrons. The van der Waals surface area contributed by atoms with Crippen molar-refractivity contribution in [2.75, 3.05) is 25.0 Å². The zero-order chi connectivity index (χ0) is 17.9. The second-order valence-electron chi connectivity index (χ2n) is 7.14. The lowest BCUT2D eigenvalue weighted by molar-refractivity contribution is -0.143. The summed E-state index contributed by atoms with van der Waals surface area (Å²) in [6, 6.07) is 7.71. The Bertz CT molecular complexity index is 669. The summed E-state index contributed by atoms with van der Waals surface area (Å²) in [6.07, 6.45) is 6.13. The topological polar surface area (TPSA) is 52.7 Å². The van der Waals surface area contributed by atoms with E-state index in [4.69, 9.17) is 0 Å². The van der Waals surface area contributed by atoms with Crippen molar-refractivity contribution in [3.05, 3.63) is 42.5 Å². The van der Waals surface area contributed by atoms with Gasteiger partial charge in [0.1, 0.15) is 0 Å². The summed E-state index contributed by atoms with van der Waals surface area (Å²) in [5.74, 6) is 0.187. The fourth-order valence-corrected chi connectivity index (χ4v) is 4.15. The highest BCUT2D eigenvalue weighted by atomic mass is 16.2. The van der Waals surface area contributed by atoms with Crippen LogP contribution >= 0.6 is 0 Å². The second kappa shape index (κ2) is 7.30. The number of carbonyl (C=O) groups excluding carboxylic acids is 2. The van der Waals surface area contributed by atoms with E-state index in [2.05, 4.69) is 11.9 Å². The lowest BCUT2D eigenvalue weighted by Crippen LogP contribution is -2.63. The average Bonchev–Trinajstić information content (AvgIpc) is 2.61. The molecule has 1 spiro atoms. The number of anilines is 1. The van der Waals surface area contributed by atoms with Gasteiger partial charge in [-0.25, -0.2) is 4.79 Å². The molecule has 1 atom stereocenters. The smallest absolute Gasteiger partial charge is 0.321 e. The predicted octanol–water partition coefficient (Wildman–Crippen LogP) is 3.56. The van der Waals surface area contributed by atoms with Crippen molar-refractivity contribution < 1.29 is 9.59 Å². The lowest BCUT2D eigenvalue weighted by Gasteiger charge is -2.51. The number of nitrogens with one attached hydrogen (secondary N) is 1. The number of hydrogen-bond donors (Lipinski definition) is 1. The van der Waals surface area contributed by atoms with Crippen LogP contribution in [0.25, 0.3) is 0 Å². The minimum atomic E-state index is -0.231. The Hall–Kier alpha value is -2.30. The normalized spacial score (nSPS) is 23.6. The van der Waals surface area contributed by atoms with Crippen molar-refractivity contribution in [2.45, 2.75) is 44.6 Å². The monoisotopic (exact) mass is 341 g/mol. The maximum atomic E-state index is 12.8. The molecule has 2 heterocycles. The molecular weight excluding hydrogens is 314 g/mol. The van der Waals surface area contributed by atoms with Crippen LogP contribution in [0.5, 0.6) is 0 Å². The molecule has 25 heavy (non-hydrogen) atoms. The Morgan fingerprint density at radius 2 is 2.08 bits per heavy atom. The molecule has 1 unspecified atom stereocenters. The fraction of sp³-hybridized carbons (Fsp3) is 0.500. The highest BCUT2D eigenvalue weighted by Crippen LogP contribution is 2.36. The molecule has 0 bridgehead atoms. The number of urea groups is 1. The highest BCUT2D eigenvalue weighted by molar-refractivity contribution is 5.90. The number of rotatable bonds is 3. The molecule has 1 aromatic rings. The molecule has 5 nitrogen and oxygen atoms in total. The number of amides is 3. The van der Waals surface area contributed by atoms with E-state index >= 15 is 0 Å². The van der Waals surface area contributed by atoms with Crippen molar-refractivity contribution in [2.24, 2.45) is 0 Å². The van der Waals surface area contributed by atoms with Crippen LogP contribution in [-0.2, 0) is 4.79 Å². The van der Waals surface area contributed by atoms with Gasteiger partial charge in [-0.3, -0.25) is 4.79 Å². The van der Waals surface area contributed by atoms with Crippen molar-refractivity contribution in [1.29, 1.82) is 0 Å². The first-order chi connectivity index (χ1) is 12.1. The molecule has 0 aliphatic carbocycles. The van der Waals surface area contributed by atoms with Gasteiger partial charge in [-0.2, -0.15) is 0 Å². The molecule has 0 saturated carbocycles. The van der Waals surface area contributed by atoms with E-state index in [1.165, 1.54) is 0 Å².